The van der Waals surface area contributed by atoms with Crippen LogP contribution in [0.25, 0.3) is 22.3 Å². The van der Waals surface area contributed by atoms with Crippen molar-refractivity contribution in [3.63, 3.8) is 0 Å². The summed E-state index contributed by atoms with van der Waals surface area (Å²) in [5, 5.41) is 14.9. The van der Waals surface area contributed by atoms with Gasteiger partial charge in [0.2, 0.25) is 6.79 Å². The van der Waals surface area contributed by atoms with Crippen LogP contribution in [0.2, 0.25) is 0 Å². The molecule has 198 valence electrons. The molecule has 0 bridgehead atoms. The molecule has 4 N–H and O–H groups in total. The van der Waals surface area contributed by atoms with Gasteiger partial charge in [0.05, 0.1) is 17.6 Å². The lowest BCUT2D eigenvalue weighted by atomic mass is 10.0. The number of nitrogen functional groups attached to an aromatic ring is 1. The number of fused-ring (bicyclic) bond motifs is 2. The molecule has 1 saturated heterocycles. The van der Waals surface area contributed by atoms with Crippen LogP contribution in [-0.4, -0.2) is 92.2 Å². The normalized spacial score (nSPS) is 16.0. The molecule has 3 aromatic heterocycles. The smallest absolute Gasteiger partial charge is 0.273 e. The van der Waals surface area contributed by atoms with Gasteiger partial charge in [0.25, 0.3) is 5.91 Å². The van der Waals surface area contributed by atoms with Gasteiger partial charge in [0.15, 0.2) is 17.1 Å². The zero-order chi connectivity index (χ0) is 26.2. The number of nitrogens with zero attached hydrogens (tertiary/aromatic N) is 7. The minimum Gasteiger partial charge on any atom is -0.453 e. The number of likely N-dealkylation sites (tertiary alicyclic amines) is 1. The van der Waals surface area contributed by atoms with Gasteiger partial charge in [-0.3, -0.25) is 9.89 Å². The maximum atomic E-state index is 12.6. The van der Waals surface area contributed by atoms with Crippen LogP contribution in [0, 0.1) is 0 Å². The molecule has 38 heavy (non-hydrogen) atoms. The summed E-state index contributed by atoms with van der Waals surface area (Å²) in [6, 6.07) is 5.82. The Balaban J connectivity index is 1.29. The van der Waals surface area contributed by atoms with Crippen LogP contribution < -0.4 is 20.5 Å². The van der Waals surface area contributed by atoms with Gasteiger partial charge in [0, 0.05) is 24.3 Å². The van der Waals surface area contributed by atoms with Crippen molar-refractivity contribution >= 4 is 28.4 Å². The highest BCUT2D eigenvalue weighted by atomic mass is 16.7. The van der Waals surface area contributed by atoms with E-state index in [-0.39, 0.29) is 12.7 Å². The monoisotopic (exact) mass is 518 g/mol. The second-order valence-electron chi connectivity index (χ2n) is 9.72. The number of amides is 1. The number of nitrogens with one attached hydrogen (secondary N) is 2. The summed E-state index contributed by atoms with van der Waals surface area (Å²) in [5.74, 6) is 0.910. The fourth-order valence-corrected chi connectivity index (χ4v) is 5.12. The molecule has 0 saturated carbocycles. The first kappa shape index (κ1) is 24.1. The minimum absolute atomic E-state index is 0.0206. The Bertz CT molecular complexity index is 1460. The lowest BCUT2D eigenvalue weighted by Gasteiger charge is -2.35. The molecule has 1 amide bonds. The number of piperidine rings is 1. The number of benzene rings is 1. The molecule has 13 heteroatoms. The maximum Gasteiger partial charge on any atom is 0.273 e. The van der Waals surface area contributed by atoms with Crippen molar-refractivity contribution in [2.24, 2.45) is 0 Å². The van der Waals surface area contributed by atoms with Crippen LogP contribution in [0.15, 0.2) is 30.7 Å². The van der Waals surface area contributed by atoms with Crippen LogP contribution >= 0.6 is 0 Å². The zero-order valence-electron chi connectivity index (χ0n) is 21.3. The topological polar surface area (TPSA) is 152 Å². The molecule has 1 aromatic carbocycles. The Morgan fingerprint density at radius 3 is 2.74 bits per heavy atom. The summed E-state index contributed by atoms with van der Waals surface area (Å²) in [7, 11) is 4.29. The summed E-state index contributed by atoms with van der Waals surface area (Å²) < 4.78 is 13.5. The first-order valence-corrected chi connectivity index (χ1v) is 12.6. The van der Waals surface area contributed by atoms with Gasteiger partial charge in [-0.1, -0.05) is 0 Å². The molecule has 13 nitrogen and oxygen atoms in total. The van der Waals surface area contributed by atoms with Gasteiger partial charge >= 0.3 is 0 Å². The van der Waals surface area contributed by atoms with E-state index < -0.39 is 0 Å². The van der Waals surface area contributed by atoms with E-state index in [0.29, 0.717) is 63.6 Å². The first-order chi connectivity index (χ1) is 18.5. The molecule has 4 aromatic rings. The molecule has 0 unspecified atom stereocenters. The molecule has 1 fully saturated rings. The number of hydrogen-bond acceptors (Lipinski definition) is 10. The molecule has 2 aliphatic rings. The molecule has 0 atom stereocenters. The van der Waals surface area contributed by atoms with Gasteiger partial charge in [-0.15, -0.1) is 0 Å². The SMILES string of the molecule is CN(C)C1CCN(CCn2nc(-c3ccc(NC(=O)c4ccn[nH]4)c4c3OCO4)c3c(N)ncnc32)CC1. The minimum atomic E-state index is -0.338. The highest BCUT2D eigenvalue weighted by Crippen LogP contribution is 2.47. The van der Waals surface area contributed by atoms with E-state index in [4.69, 9.17) is 20.3 Å². The molecular formula is C25H30N10O3. The number of carbonyl (C=O) groups excluding carboxylic acids is 1. The van der Waals surface area contributed by atoms with E-state index in [2.05, 4.69) is 49.4 Å². The molecule has 0 radical (unpaired) electrons. The van der Waals surface area contributed by atoms with Crippen molar-refractivity contribution in [3.05, 3.63) is 36.4 Å². The quantitative estimate of drug-likeness (QED) is 0.330. The van der Waals surface area contributed by atoms with E-state index in [0.717, 1.165) is 32.5 Å². The lowest BCUT2D eigenvalue weighted by molar-refractivity contribution is 0.102. The highest BCUT2D eigenvalue weighted by Gasteiger charge is 2.28. The van der Waals surface area contributed by atoms with Crippen LogP contribution in [0.1, 0.15) is 23.3 Å². The molecule has 0 spiro atoms. The summed E-state index contributed by atoms with van der Waals surface area (Å²) in [6.45, 7) is 3.65. The Morgan fingerprint density at radius 2 is 1.97 bits per heavy atom. The number of anilines is 2. The highest BCUT2D eigenvalue weighted by molar-refractivity contribution is 6.05. The number of ether oxygens (including phenoxy) is 2. The standard InChI is InChI=1S/C25H30N10O3/c1-33(2)15-6-9-34(10-7-15)11-12-35-24-19(23(26)27-13-28-24)20(32-35)16-3-4-17(22-21(16)37-14-38-22)30-25(36)18-5-8-29-31-18/h3-5,8,13,15H,6-7,9-12,14H2,1-2H3,(H,29,31)(H,30,36)(H2,26,27,28). The average molecular weight is 519 g/mol. The fourth-order valence-electron chi connectivity index (χ4n) is 5.12. The van der Waals surface area contributed by atoms with Crippen LogP contribution in [0.5, 0.6) is 11.5 Å². The van der Waals surface area contributed by atoms with Crippen molar-refractivity contribution in [1.29, 1.82) is 0 Å². The van der Waals surface area contributed by atoms with Gasteiger partial charge in [-0.2, -0.15) is 10.2 Å². The number of aromatic amines is 1. The Morgan fingerprint density at radius 1 is 1.16 bits per heavy atom. The summed E-state index contributed by atoms with van der Waals surface area (Å²) in [5.41, 5.74) is 9.11. The predicted molar refractivity (Wildman–Crippen MR) is 141 cm³/mol. The first-order valence-electron chi connectivity index (χ1n) is 12.6. The van der Waals surface area contributed by atoms with Crippen molar-refractivity contribution in [2.75, 3.05) is 51.6 Å². The summed E-state index contributed by atoms with van der Waals surface area (Å²) in [6.07, 6.45) is 5.28. The number of aromatic nitrogens is 6. The number of carbonyl (C=O) groups is 1. The molecule has 6 rings (SSSR count). The van der Waals surface area contributed by atoms with Crippen molar-refractivity contribution in [1.82, 2.24) is 39.7 Å². The van der Waals surface area contributed by atoms with Gasteiger partial charge in [-0.05, 0) is 58.2 Å². The zero-order valence-corrected chi connectivity index (χ0v) is 21.3. The van der Waals surface area contributed by atoms with Crippen molar-refractivity contribution in [3.8, 4) is 22.8 Å². The van der Waals surface area contributed by atoms with Crippen molar-refractivity contribution < 1.29 is 14.3 Å². The Labute approximate surface area is 218 Å². The molecular weight excluding hydrogens is 488 g/mol. The summed E-state index contributed by atoms with van der Waals surface area (Å²) >= 11 is 0. The molecule has 5 heterocycles. The van der Waals surface area contributed by atoms with Crippen LogP contribution in [0.3, 0.4) is 0 Å². The maximum absolute atomic E-state index is 12.6. The van der Waals surface area contributed by atoms with Crippen LogP contribution in [-0.2, 0) is 6.54 Å². The predicted octanol–water partition coefficient (Wildman–Crippen LogP) is 1.81. The van der Waals surface area contributed by atoms with E-state index in [1.165, 1.54) is 12.5 Å². The summed E-state index contributed by atoms with van der Waals surface area (Å²) in [4.78, 5) is 26.1. The third-order valence-electron chi connectivity index (χ3n) is 7.24. The fraction of sp³-hybridized carbons (Fsp3) is 0.400. The number of rotatable bonds is 7. The number of nitrogens with two attached hydrogens (primary N) is 1. The van der Waals surface area contributed by atoms with E-state index in [1.54, 1.807) is 12.1 Å². The number of hydrogen-bond donors (Lipinski definition) is 3. The third kappa shape index (κ3) is 4.39. The second-order valence-corrected chi connectivity index (χ2v) is 9.72. The molecule has 2 aliphatic heterocycles. The van der Waals surface area contributed by atoms with E-state index in [9.17, 15) is 4.79 Å². The Hall–Kier alpha value is -4.23. The van der Waals surface area contributed by atoms with E-state index >= 15 is 0 Å². The van der Waals surface area contributed by atoms with E-state index in [1.807, 2.05) is 10.7 Å². The Kier molecular flexibility index (Phi) is 6.29. The third-order valence-corrected chi connectivity index (χ3v) is 7.24. The average Bonchev–Trinajstić information content (AvgIpc) is 3.69. The second kappa shape index (κ2) is 9.91. The largest absolute Gasteiger partial charge is 0.453 e. The molecule has 0 aliphatic carbocycles. The lowest BCUT2D eigenvalue weighted by Crippen LogP contribution is -2.42. The van der Waals surface area contributed by atoms with Gasteiger partial charge < -0.3 is 30.3 Å². The number of H-pyrrole nitrogens is 1. The van der Waals surface area contributed by atoms with Crippen LogP contribution in [0.4, 0.5) is 11.5 Å². The van der Waals surface area contributed by atoms with Gasteiger partial charge in [-0.25, -0.2) is 14.6 Å². The van der Waals surface area contributed by atoms with Crippen molar-refractivity contribution in [2.45, 2.75) is 25.4 Å². The van der Waals surface area contributed by atoms with Gasteiger partial charge in [0.1, 0.15) is 23.5 Å².